The quantitative estimate of drug-likeness (QED) is 0.722. The molecule has 3 rings (SSSR count). The fourth-order valence-electron chi connectivity index (χ4n) is 2.49. The van der Waals surface area contributed by atoms with E-state index < -0.39 is 0 Å². The first kappa shape index (κ1) is 13.6. The lowest BCUT2D eigenvalue weighted by atomic mass is 10.1. The lowest BCUT2D eigenvalue weighted by Gasteiger charge is -2.11. The van der Waals surface area contributed by atoms with Gasteiger partial charge in [-0.15, -0.1) is 0 Å². The normalized spacial score (nSPS) is 10.8. The molecule has 0 aliphatic carbocycles. The average molecular weight is 280 g/mol. The standard InChI is InChI=1S/C18H20N2O/c1-3-21-16-6-7-17(13(2)10-16)20-12-14-4-5-15-8-9-19-18(15)11-14/h4-11,19-20H,3,12H2,1-2H3. The number of hydrogen-bond donors (Lipinski definition) is 2. The van der Waals surface area contributed by atoms with Crippen molar-refractivity contribution in [1.29, 1.82) is 0 Å². The highest BCUT2D eigenvalue weighted by atomic mass is 16.5. The maximum atomic E-state index is 5.51. The van der Waals surface area contributed by atoms with Gasteiger partial charge in [-0.25, -0.2) is 0 Å². The van der Waals surface area contributed by atoms with E-state index in [1.165, 1.54) is 22.0 Å². The van der Waals surface area contributed by atoms with E-state index in [0.717, 1.165) is 18.0 Å². The summed E-state index contributed by atoms with van der Waals surface area (Å²) in [5, 5.41) is 4.73. The number of ether oxygens (including phenoxy) is 1. The second-order valence-electron chi connectivity index (χ2n) is 5.16. The van der Waals surface area contributed by atoms with Gasteiger partial charge in [0.25, 0.3) is 0 Å². The SMILES string of the molecule is CCOc1ccc(NCc2ccc3cc[nH]c3c2)c(C)c1. The van der Waals surface area contributed by atoms with E-state index >= 15 is 0 Å². The fourth-order valence-corrected chi connectivity index (χ4v) is 2.49. The van der Waals surface area contributed by atoms with Crippen molar-refractivity contribution >= 4 is 16.6 Å². The Hall–Kier alpha value is -2.42. The molecule has 3 nitrogen and oxygen atoms in total. The van der Waals surface area contributed by atoms with E-state index in [9.17, 15) is 0 Å². The first-order valence-corrected chi connectivity index (χ1v) is 7.29. The molecule has 2 aromatic carbocycles. The van der Waals surface area contributed by atoms with Crippen LogP contribution in [-0.2, 0) is 6.54 Å². The molecule has 0 spiro atoms. The van der Waals surface area contributed by atoms with Gasteiger partial charge in [0.2, 0.25) is 0 Å². The maximum absolute atomic E-state index is 5.51. The summed E-state index contributed by atoms with van der Waals surface area (Å²) in [5.41, 5.74) is 4.78. The maximum Gasteiger partial charge on any atom is 0.119 e. The molecular formula is C18H20N2O. The lowest BCUT2D eigenvalue weighted by molar-refractivity contribution is 0.340. The van der Waals surface area contributed by atoms with Gasteiger partial charge < -0.3 is 15.0 Å². The predicted molar refractivity (Wildman–Crippen MR) is 88.0 cm³/mol. The highest BCUT2D eigenvalue weighted by Gasteiger charge is 2.02. The summed E-state index contributed by atoms with van der Waals surface area (Å²) in [6.45, 7) is 5.60. The summed E-state index contributed by atoms with van der Waals surface area (Å²) in [7, 11) is 0. The Balaban J connectivity index is 1.71. The number of nitrogens with one attached hydrogen (secondary N) is 2. The molecule has 2 N–H and O–H groups in total. The van der Waals surface area contributed by atoms with Crippen LogP contribution in [0.4, 0.5) is 5.69 Å². The Kier molecular flexibility index (Phi) is 3.82. The van der Waals surface area contributed by atoms with Crippen LogP contribution in [0.2, 0.25) is 0 Å². The topological polar surface area (TPSA) is 37.0 Å². The van der Waals surface area contributed by atoms with Gasteiger partial charge in [0.1, 0.15) is 5.75 Å². The molecule has 0 saturated heterocycles. The molecule has 0 radical (unpaired) electrons. The number of hydrogen-bond acceptors (Lipinski definition) is 2. The largest absolute Gasteiger partial charge is 0.494 e. The van der Waals surface area contributed by atoms with Crippen LogP contribution in [-0.4, -0.2) is 11.6 Å². The Morgan fingerprint density at radius 2 is 2.00 bits per heavy atom. The predicted octanol–water partition coefficient (Wildman–Crippen LogP) is 4.49. The molecule has 3 aromatic rings. The Bertz CT molecular complexity index is 746. The second-order valence-corrected chi connectivity index (χ2v) is 5.16. The van der Waals surface area contributed by atoms with Crippen molar-refractivity contribution < 1.29 is 4.74 Å². The molecule has 21 heavy (non-hydrogen) atoms. The van der Waals surface area contributed by atoms with Crippen LogP contribution in [0.15, 0.2) is 48.7 Å². The third-order valence-corrected chi connectivity index (χ3v) is 3.61. The monoisotopic (exact) mass is 280 g/mol. The van der Waals surface area contributed by atoms with Crippen molar-refractivity contribution in [2.45, 2.75) is 20.4 Å². The fraction of sp³-hybridized carbons (Fsp3) is 0.222. The van der Waals surface area contributed by atoms with Gasteiger partial charge in [-0.3, -0.25) is 0 Å². The van der Waals surface area contributed by atoms with Gasteiger partial charge in [-0.2, -0.15) is 0 Å². The number of aromatic amines is 1. The zero-order chi connectivity index (χ0) is 14.7. The number of aromatic nitrogens is 1. The number of rotatable bonds is 5. The molecule has 108 valence electrons. The molecule has 0 unspecified atom stereocenters. The van der Waals surface area contributed by atoms with Crippen LogP contribution < -0.4 is 10.1 Å². The molecule has 3 heteroatoms. The van der Waals surface area contributed by atoms with E-state index in [-0.39, 0.29) is 0 Å². The number of fused-ring (bicyclic) bond motifs is 1. The molecule has 1 aromatic heterocycles. The molecule has 0 saturated carbocycles. The molecular weight excluding hydrogens is 260 g/mol. The van der Waals surface area contributed by atoms with Crippen molar-refractivity contribution in [1.82, 2.24) is 4.98 Å². The third-order valence-electron chi connectivity index (χ3n) is 3.61. The highest BCUT2D eigenvalue weighted by Crippen LogP contribution is 2.22. The zero-order valence-corrected chi connectivity index (χ0v) is 12.4. The van der Waals surface area contributed by atoms with Crippen molar-refractivity contribution in [2.75, 3.05) is 11.9 Å². The first-order chi connectivity index (χ1) is 10.3. The van der Waals surface area contributed by atoms with Gasteiger partial charge in [0.05, 0.1) is 6.61 Å². The second kappa shape index (κ2) is 5.92. The highest BCUT2D eigenvalue weighted by molar-refractivity contribution is 5.79. The van der Waals surface area contributed by atoms with E-state index in [2.05, 4.69) is 53.6 Å². The van der Waals surface area contributed by atoms with Gasteiger partial charge in [-0.05, 0) is 60.7 Å². The van der Waals surface area contributed by atoms with Gasteiger partial charge in [0.15, 0.2) is 0 Å². The van der Waals surface area contributed by atoms with Crippen molar-refractivity contribution in [3.05, 3.63) is 59.8 Å². The van der Waals surface area contributed by atoms with E-state index in [1.54, 1.807) is 0 Å². The molecule has 1 heterocycles. The van der Waals surface area contributed by atoms with E-state index in [0.29, 0.717) is 6.61 Å². The Morgan fingerprint density at radius 3 is 2.81 bits per heavy atom. The molecule has 0 fully saturated rings. The number of aryl methyl sites for hydroxylation is 1. The summed E-state index contributed by atoms with van der Waals surface area (Å²) in [6.07, 6.45) is 1.97. The molecule has 0 aliphatic heterocycles. The minimum atomic E-state index is 0.697. The first-order valence-electron chi connectivity index (χ1n) is 7.29. The Labute approximate surface area is 125 Å². The van der Waals surface area contributed by atoms with Crippen LogP contribution in [0.1, 0.15) is 18.1 Å². The summed E-state index contributed by atoms with van der Waals surface area (Å²) < 4.78 is 5.51. The number of H-pyrrole nitrogens is 1. The van der Waals surface area contributed by atoms with Crippen LogP contribution in [0.5, 0.6) is 5.75 Å². The van der Waals surface area contributed by atoms with Crippen molar-refractivity contribution in [3.8, 4) is 5.75 Å². The molecule has 0 aliphatic rings. The van der Waals surface area contributed by atoms with E-state index in [4.69, 9.17) is 4.74 Å². The lowest BCUT2D eigenvalue weighted by Crippen LogP contribution is -2.01. The minimum absolute atomic E-state index is 0.697. The molecule has 0 amide bonds. The minimum Gasteiger partial charge on any atom is -0.494 e. The average Bonchev–Trinajstić information content (AvgIpc) is 2.94. The van der Waals surface area contributed by atoms with Crippen molar-refractivity contribution in [2.24, 2.45) is 0 Å². The molecule has 0 bridgehead atoms. The summed E-state index contributed by atoms with van der Waals surface area (Å²) in [4.78, 5) is 3.25. The van der Waals surface area contributed by atoms with Gasteiger partial charge in [0, 0.05) is 23.9 Å². The summed E-state index contributed by atoms with van der Waals surface area (Å²) in [6, 6.07) is 14.7. The van der Waals surface area contributed by atoms with Crippen molar-refractivity contribution in [3.63, 3.8) is 0 Å². The molecule has 0 atom stereocenters. The Morgan fingerprint density at radius 1 is 1.10 bits per heavy atom. The van der Waals surface area contributed by atoms with Crippen LogP contribution in [0.25, 0.3) is 10.9 Å². The number of anilines is 1. The summed E-state index contributed by atoms with van der Waals surface area (Å²) in [5.74, 6) is 0.924. The van der Waals surface area contributed by atoms with Crippen LogP contribution >= 0.6 is 0 Å². The van der Waals surface area contributed by atoms with Crippen LogP contribution in [0, 0.1) is 6.92 Å². The number of benzene rings is 2. The van der Waals surface area contributed by atoms with Crippen LogP contribution in [0.3, 0.4) is 0 Å². The van der Waals surface area contributed by atoms with Gasteiger partial charge >= 0.3 is 0 Å². The zero-order valence-electron chi connectivity index (χ0n) is 12.4. The smallest absolute Gasteiger partial charge is 0.119 e. The van der Waals surface area contributed by atoms with E-state index in [1.807, 2.05) is 19.2 Å². The van der Waals surface area contributed by atoms with Gasteiger partial charge in [-0.1, -0.05) is 12.1 Å². The summed E-state index contributed by atoms with van der Waals surface area (Å²) >= 11 is 0. The third kappa shape index (κ3) is 3.02.